The minimum atomic E-state index is -2.09. The van der Waals surface area contributed by atoms with Crippen molar-refractivity contribution in [3.05, 3.63) is 66.1 Å². The highest BCUT2D eigenvalue weighted by molar-refractivity contribution is 7.90. The molecule has 1 N–H and O–H groups in total. The van der Waals surface area contributed by atoms with E-state index in [4.69, 9.17) is 28.4 Å². The Morgan fingerprint density at radius 2 is 1.56 bits per heavy atom. The molecule has 304 valence electrons. The lowest BCUT2D eigenvalue weighted by Crippen LogP contribution is -2.45. The summed E-state index contributed by atoms with van der Waals surface area (Å²) in [5.74, 6) is 1.25. The molecule has 0 fully saturated rings. The van der Waals surface area contributed by atoms with Crippen LogP contribution < -0.4 is 9.46 Å². The number of aromatic nitrogens is 4. The van der Waals surface area contributed by atoms with Crippen LogP contribution in [0.4, 0.5) is 4.39 Å². The van der Waals surface area contributed by atoms with E-state index >= 15 is 4.39 Å². The summed E-state index contributed by atoms with van der Waals surface area (Å²) in [6.07, 6.45) is 2.27. The van der Waals surface area contributed by atoms with Gasteiger partial charge in [-0.15, -0.1) is 4.72 Å². The molecule has 0 saturated carbocycles. The number of nitrogens with one attached hydrogen (secondary N) is 1. The molecule has 4 rings (SSSR count). The topological polar surface area (TPSA) is 116 Å². The summed E-state index contributed by atoms with van der Waals surface area (Å²) in [7, 11) is -2.43. The van der Waals surface area contributed by atoms with Crippen LogP contribution >= 0.6 is 0 Å². The molecule has 0 amide bonds. The van der Waals surface area contributed by atoms with Crippen molar-refractivity contribution < 1.29 is 27.3 Å². The lowest BCUT2D eigenvalue weighted by atomic mass is 10.0. The molecule has 0 bridgehead atoms. The number of methoxy groups -OCH3 is 1. The maximum absolute atomic E-state index is 16.4. The Labute approximate surface area is 333 Å². The number of nitrogens with zero attached hydrogens (tertiary/aromatic N) is 4. The summed E-state index contributed by atoms with van der Waals surface area (Å²) in [6, 6.07) is 12.5. The average Bonchev–Trinajstić information content (AvgIpc) is 3.53. The van der Waals surface area contributed by atoms with Gasteiger partial charge in [-0.05, 0) is 99.0 Å². The quantitative estimate of drug-likeness (QED) is 0.0632. The van der Waals surface area contributed by atoms with Gasteiger partial charge in [-0.25, -0.2) is 14.1 Å². The van der Waals surface area contributed by atoms with E-state index < -0.39 is 45.0 Å². The number of fused-ring (bicyclic) bond motifs is 1. The third-order valence-electron chi connectivity index (χ3n) is 10.8. The van der Waals surface area contributed by atoms with Gasteiger partial charge in [-0.1, -0.05) is 47.6 Å². The van der Waals surface area contributed by atoms with Gasteiger partial charge in [0.25, 0.3) is 0 Å². The minimum Gasteiger partial charge on any atom is -0.598 e. The van der Waals surface area contributed by atoms with Crippen LogP contribution in [-0.2, 0) is 31.6 Å². The second-order valence-electron chi connectivity index (χ2n) is 18.2. The van der Waals surface area contributed by atoms with E-state index in [2.05, 4.69) is 77.4 Å². The Bertz CT molecular complexity index is 1870. The molecule has 1 aromatic carbocycles. The molecule has 10 nitrogen and oxygen atoms in total. The first kappa shape index (κ1) is 45.0. The van der Waals surface area contributed by atoms with Gasteiger partial charge < -0.3 is 22.9 Å². The predicted molar refractivity (Wildman–Crippen MR) is 228 cm³/mol. The molecule has 0 aliphatic rings. The zero-order valence-corrected chi connectivity index (χ0v) is 38.3. The predicted octanol–water partition coefficient (Wildman–Crippen LogP) is 9.87. The van der Waals surface area contributed by atoms with Crippen LogP contribution in [0.1, 0.15) is 86.0 Å². The fourth-order valence-corrected chi connectivity index (χ4v) is 8.01. The summed E-state index contributed by atoms with van der Waals surface area (Å²) >= 11 is -1.55. The van der Waals surface area contributed by atoms with Gasteiger partial charge in [0, 0.05) is 43.3 Å². The zero-order valence-electron chi connectivity index (χ0n) is 35.5. The van der Waals surface area contributed by atoms with E-state index in [1.54, 1.807) is 30.3 Å². The van der Waals surface area contributed by atoms with Crippen molar-refractivity contribution in [3.8, 4) is 22.8 Å². The summed E-state index contributed by atoms with van der Waals surface area (Å²) in [5.41, 5.74) is 3.56. The molecule has 14 heteroatoms. The smallest absolute Gasteiger partial charge is 0.192 e. The molecule has 0 radical (unpaired) electrons. The molecule has 0 aliphatic heterocycles. The molecule has 55 heavy (non-hydrogen) atoms. The lowest BCUT2D eigenvalue weighted by Gasteiger charge is -2.36. The molecular weight excluding hydrogens is 750 g/mol. The van der Waals surface area contributed by atoms with E-state index in [9.17, 15) is 4.55 Å². The maximum atomic E-state index is 16.4. The first-order chi connectivity index (χ1) is 25.4. The molecule has 3 aromatic heterocycles. The number of rotatable bonds is 17. The summed E-state index contributed by atoms with van der Waals surface area (Å²) in [4.78, 5) is 9.68. The number of ether oxygens (including phenoxy) is 2. The molecule has 0 spiro atoms. The lowest BCUT2D eigenvalue weighted by molar-refractivity contribution is 0.147. The number of halogens is 1. The second kappa shape index (κ2) is 17.8. The van der Waals surface area contributed by atoms with E-state index in [1.807, 2.05) is 57.2 Å². The Hall–Kier alpha value is -2.70. The van der Waals surface area contributed by atoms with Gasteiger partial charge in [0.05, 0.1) is 41.7 Å². The minimum absolute atomic E-state index is 0.000647. The zero-order chi connectivity index (χ0) is 41.0. The standard InChI is InChI=1S/C41H64FN5O5SSi2/c1-39(2,3)53(48)46-38(32(42)19-21-51-54(11,12)40(4,5)6)34-17-15-16-33(45-34)30-25-35-31(36(26-30)50-23-22-49-10)27-44-47(35)37-24-29(18-20-43-37)28-52-55(13,14)41(7,8)9/h15-18,20,24-27,32,38,46H,19,21-23,28H2,1-14H3/t32?,38-,53?/m0/s1. The van der Waals surface area contributed by atoms with Crippen LogP contribution in [-0.4, -0.2) is 78.8 Å². The Morgan fingerprint density at radius 3 is 2.20 bits per heavy atom. The van der Waals surface area contributed by atoms with Crippen molar-refractivity contribution >= 4 is 38.9 Å². The molecule has 3 atom stereocenters. The van der Waals surface area contributed by atoms with Gasteiger partial charge in [-0.2, -0.15) is 5.10 Å². The molecule has 3 heterocycles. The monoisotopic (exact) mass is 813 g/mol. The fraction of sp³-hybridized carbons (Fsp3) is 0.585. The molecule has 0 aliphatic carbocycles. The molecular formula is C41H64FN5O5SSi2. The van der Waals surface area contributed by atoms with Gasteiger partial charge in [0.1, 0.15) is 29.3 Å². The van der Waals surface area contributed by atoms with Gasteiger partial charge in [-0.3, -0.25) is 4.98 Å². The normalized spacial score (nSPS) is 15.0. The molecule has 2 unspecified atom stereocenters. The maximum Gasteiger partial charge on any atom is 0.192 e. The summed E-state index contributed by atoms with van der Waals surface area (Å²) < 4.78 is 58.4. The van der Waals surface area contributed by atoms with Crippen molar-refractivity contribution in [2.45, 2.75) is 129 Å². The van der Waals surface area contributed by atoms with Gasteiger partial charge >= 0.3 is 0 Å². The van der Waals surface area contributed by atoms with Crippen molar-refractivity contribution in [2.75, 3.05) is 26.9 Å². The fourth-order valence-electron chi connectivity index (χ4n) is 5.13. The highest BCUT2D eigenvalue weighted by atomic mass is 32.2. The number of pyridine rings is 2. The average molecular weight is 814 g/mol. The van der Waals surface area contributed by atoms with Crippen LogP contribution in [0.5, 0.6) is 5.75 Å². The van der Waals surface area contributed by atoms with E-state index in [0.29, 0.717) is 42.8 Å². The van der Waals surface area contributed by atoms with Crippen molar-refractivity contribution in [1.29, 1.82) is 0 Å². The van der Waals surface area contributed by atoms with E-state index in [-0.39, 0.29) is 23.1 Å². The van der Waals surface area contributed by atoms with Gasteiger partial charge in [0.2, 0.25) is 0 Å². The number of benzene rings is 1. The van der Waals surface area contributed by atoms with Crippen LogP contribution in [0.15, 0.2) is 54.9 Å². The van der Waals surface area contributed by atoms with Crippen LogP contribution in [0.2, 0.25) is 36.3 Å². The van der Waals surface area contributed by atoms with Gasteiger partial charge in [0.15, 0.2) is 22.5 Å². The SMILES string of the molecule is COCCOc1cc(-c2cccc([C@@H](N[S+]([O-])C(C)(C)C)C(F)CCO[Si](C)(C)C(C)(C)C)n2)cc2c1cnn2-c1cc(CO[Si](C)(C)C(C)(C)C)ccn1. The third kappa shape index (κ3) is 11.5. The summed E-state index contributed by atoms with van der Waals surface area (Å²) in [6.45, 7) is 29.0. The van der Waals surface area contributed by atoms with E-state index in [0.717, 1.165) is 22.0 Å². The number of alkyl halides is 1. The largest absolute Gasteiger partial charge is 0.598 e. The van der Waals surface area contributed by atoms with Crippen LogP contribution in [0.3, 0.4) is 0 Å². The first-order valence-electron chi connectivity index (χ1n) is 19.1. The van der Waals surface area contributed by atoms with Crippen molar-refractivity contribution in [3.63, 3.8) is 0 Å². The highest BCUT2D eigenvalue weighted by Gasteiger charge is 2.39. The molecule has 4 aromatic rings. The Morgan fingerprint density at radius 1 is 0.891 bits per heavy atom. The van der Waals surface area contributed by atoms with E-state index in [1.165, 1.54) is 0 Å². The van der Waals surface area contributed by atoms with Crippen molar-refractivity contribution in [1.82, 2.24) is 24.5 Å². The number of hydrogen-bond acceptors (Lipinski definition) is 9. The Kier molecular flexibility index (Phi) is 14.6. The Balaban J connectivity index is 1.74. The molecule has 0 saturated heterocycles. The highest BCUT2D eigenvalue weighted by Crippen LogP contribution is 2.39. The van der Waals surface area contributed by atoms with Crippen molar-refractivity contribution in [2.24, 2.45) is 0 Å². The van der Waals surface area contributed by atoms with Crippen LogP contribution in [0, 0.1) is 0 Å². The number of hydrogen-bond donors (Lipinski definition) is 1. The summed E-state index contributed by atoms with van der Waals surface area (Å²) in [5, 5.41) is 5.64. The first-order valence-corrected chi connectivity index (χ1v) is 26.1. The van der Waals surface area contributed by atoms with Crippen LogP contribution in [0.25, 0.3) is 28.0 Å². The second-order valence-corrected chi connectivity index (χ2v) is 29.8. The third-order valence-corrected chi connectivity index (χ3v) is 21.4.